The van der Waals surface area contributed by atoms with Gasteiger partial charge in [-0.3, -0.25) is 9.59 Å². The number of nitrogens with one attached hydrogen (secondary N) is 1. The number of anilines is 1. The Morgan fingerprint density at radius 2 is 2.08 bits per heavy atom. The lowest BCUT2D eigenvalue weighted by Gasteiger charge is -2.18. The number of hydrogen-bond donors (Lipinski definition) is 2. The molecule has 2 unspecified atom stereocenters. The minimum atomic E-state index is -2.90. The van der Waals surface area contributed by atoms with E-state index in [-0.39, 0.29) is 23.7 Å². The quantitative estimate of drug-likeness (QED) is 0.793. The molecule has 25 heavy (non-hydrogen) atoms. The van der Waals surface area contributed by atoms with Gasteiger partial charge in [0.25, 0.3) is 0 Å². The van der Waals surface area contributed by atoms with Crippen LogP contribution in [0, 0.1) is 11.7 Å². The maximum absolute atomic E-state index is 13.5. The van der Waals surface area contributed by atoms with Gasteiger partial charge >= 0.3 is 5.97 Å². The number of nitrogens with zero attached hydrogens (tertiary/aromatic N) is 1. The van der Waals surface area contributed by atoms with Crippen LogP contribution in [0.4, 0.5) is 18.9 Å². The molecule has 2 rings (SSSR count). The van der Waals surface area contributed by atoms with Gasteiger partial charge < -0.3 is 15.3 Å². The number of benzene rings is 1. The Labute approximate surface area is 145 Å². The molecular weight excluding hydrogens is 365 g/mol. The SMILES string of the molecule is O=C(NC(CC(F)F)C(=O)O)C1CC(=O)N(c2ccc(Cl)c(F)c2)C1. The van der Waals surface area contributed by atoms with Gasteiger partial charge in [0.05, 0.1) is 10.9 Å². The smallest absolute Gasteiger partial charge is 0.326 e. The molecule has 0 radical (unpaired) electrons. The normalized spacial score (nSPS) is 18.5. The number of carbonyl (C=O) groups excluding carboxylic acids is 2. The van der Waals surface area contributed by atoms with Crippen LogP contribution in [0.5, 0.6) is 0 Å². The lowest BCUT2D eigenvalue weighted by atomic mass is 10.1. The van der Waals surface area contributed by atoms with Gasteiger partial charge in [0.15, 0.2) is 0 Å². The predicted octanol–water partition coefficient (Wildman–Crippen LogP) is 2.06. The van der Waals surface area contributed by atoms with Gasteiger partial charge in [-0.05, 0) is 18.2 Å². The highest BCUT2D eigenvalue weighted by atomic mass is 35.5. The third kappa shape index (κ3) is 4.62. The summed E-state index contributed by atoms with van der Waals surface area (Å²) in [5.41, 5.74) is 0.199. The number of hydrogen-bond acceptors (Lipinski definition) is 3. The average Bonchev–Trinajstić information content (AvgIpc) is 2.91. The van der Waals surface area contributed by atoms with E-state index in [4.69, 9.17) is 16.7 Å². The molecule has 0 aliphatic carbocycles. The summed E-state index contributed by atoms with van der Waals surface area (Å²) in [5.74, 6) is -4.54. The number of carbonyl (C=O) groups is 3. The van der Waals surface area contributed by atoms with Crippen molar-refractivity contribution in [3.63, 3.8) is 0 Å². The molecule has 1 aromatic carbocycles. The van der Waals surface area contributed by atoms with Gasteiger partial charge in [-0.25, -0.2) is 18.0 Å². The molecule has 2 amide bonds. The standard InChI is InChI=1S/C15H14ClF3N2O4/c16-9-2-1-8(4-10(9)17)21-6-7(3-13(21)22)14(23)20-11(15(24)25)5-12(18)19/h1-2,4,7,11-12H,3,5-6H2,(H,20,23)(H,24,25). The van der Waals surface area contributed by atoms with E-state index in [1.165, 1.54) is 12.1 Å². The van der Waals surface area contributed by atoms with Gasteiger partial charge in [-0.2, -0.15) is 0 Å². The predicted molar refractivity (Wildman–Crippen MR) is 82.1 cm³/mol. The zero-order valence-electron chi connectivity index (χ0n) is 12.7. The number of halogens is 4. The summed E-state index contributed by atoms with van der Waals surface area (Å²) in [6, 6.07) is 1.96. The molecule has 0 saturated carbocycles. The molecule has 1 saturated heterocycles. The molecule has 1 fully saturated rings. The largest absolute Gasteiger partial charge is 0.480 e. The number of alkyl halides is 2. The molecule has 2 N–H and O–H groups in total. The maximum Gasteiger partial charge on any atom is 0.326 e. The third-order valence-corrected chi connectivity index (χ3v) is 4.05. The van der Waals surface area contributed by atoms with Crippen LogP contribution in [-0.4, -0.2) is 41.9 Å². The lowest BCUT2D eigenvalue weighted by Crippen LogP contribution is -2.45. The average molecular weight is 379 g/mol. The van der Waals surface area contributed by atoms with Gasteiger partial charge in [0, 0.05) is 25.1 Å². The minimum Gasteiger partial charge on any atom is -0.480 e. The maximum atomic E-state index is 13.5. The van der Waals surface area contributed by atoms with Crippen molar-refractivity contribution in [2.24, 2.45) is 5.92 Å². The topological polar surface area (TPSA) is 86.7 Å². The fourth-order valence-corrected chi connectivity index (χ4v) is 2.59. The summed E-state index contributed by atoms with van der Waals surface area (Å²) in [6.45, 7) is -0.118. The zero-order valence-corrected chi connectivity index (χ0v) is 13.5. The second-order valence-electron chi connectivity index (χ2n) is 5.53. The van der Waals surface area contributed by atoms with E-state index in [0.29, 0.717) is 0 Å². The Hall–Kier alpha value is -2.29. The van der Waals surface area contributed by atoms with Crippen molar-refractivity contribution in [3.8, 4) is 0 Å². The Kier molecular flexibility index (Phi) is 5.89. The third-order valence-electron chi connectivity index (χ3n) is 3.74. The van der Waals surface area contributed by atoms with Gasteiger partial charge in [-0.1, -0.05) is 11.6 Å². The van der Waals surface area contributed by atoms with E-state index >= 15 is 0 Å². The summed E-state index contributed by atoms with van der Waals surface area (Å²) in [6.07, 6.45) is -4.18. The van der Waals surface area contributed by atoms with E-state index in [9.17, 15) is 27.6 Å². The first-order chi connectivity index (χ1) is 11.7. The zero-order chi connectivity index (χ0) is 18.7. The summed E-state index contributed by atoms with van der Waals surface area (Å²) < 4.78 is 38.2. The highest BCUT2D eigenvalue weighted by Crippen LogP contribution is 2.28. The highest BCUT2D eigenvalue weighted by Gasteiger charge is 2.37. The van der Waals surface area contributed by atoms with Crippen LogP contribution in [-0.2, 0) is 14.4 Å². The summed E-state index contributed by atoms with van der Waals surface area (Å²) >= 11 is 5.57. The van der Waals surface area contributed by atoms with Crippen molar-refractivity contribution in [1.82, 2.24) is 5.32 Å². The number of amides is 2. The van der Waals surface area contributed by atoms with Crippen LogP contribution in [0.2, 0.25) is 5.02 Å². The first-order valence-electron chi connectivity index (χ1n) is 7.25. The van der Waals surface area contributed by atoms with Crippen LogP contribution in [0.25, 0.3) is 0 Å². The minimum absolute atomic E-state index is 0.118. The number of carboxylic acids is 1. The first-order valence-corrected chi connectivity index (χ1v) is 7.63. The van der Waals surface area contributed by atoms with Gasteiger partial charge in [0.1, 0.15) is 11.9 Å². The number of rotatable bonds is 6. The van der Waals surface area contributed by atoms with Crippen LogP contribution in [0.15, 0.2) is 18.2 Å². The Bertz CT molecular complexity index is 701. The van der Waals surface area contributed by atoms with E-state index in [1.807, 2.05) is 5.32 Å². The van der Waals surface area contributed by atoms with Crippen molar-refractivity contribution < 1.29 is 32.7 Å². The molecule has 0 aromatic heterocycles. The van der Waals surface area contributed by atoms with Crippen molar-refractivity contribution >= 4 is 35.1 Å². The Morgan fingerprint density at radius 1 is 1.40 bits per heavy atom. The first kappa shape index (κ1) is 19.0. The molecule has 10 heteroatoms. The molecule has 1 aliphatic rings. The van der Waals surface area contributed by atoms with E-state index in [0.717, 1.165) is 11.0 Å². The van der Waals surface area contributed by atoms with E-state index in [2.05, 4.69) is 0 Å². The van der Waals surface area contributed by atoms with Crippen molar-refractivity contribution in [3.05, 3.63) is 29.0 Å². The van der Waals surface area contributed by atoms with Crippen LogP contribution < -0.4 is 10.2 Å². The monoisotopic (exact) mass is 378 g/mol. The van der Waals surface area contributed by atoms with Crippen LogP contribution in [0.1, 0.15) is 12.8 Å². The molecule has 0 bridgehead atoms. The molecule has 1 aromatic rings. The Balaban J connectivity index is 2.06. The number of aliphatic carboxylic acids is 1. The van der Waals surface area contributed by atoms with Crippen LogP contribution in [0.3, 0.4) is 0 Å². The second-order valence-corrected chi connectivity index (χ2v) is 5.94. The van der Waals surface area contributed by atoms with Crippen molar-refractivity contribution in [1.29, 1.82) is 0 Å². The molecule has 0 spiro atoms. The summed E-state index contributed by atoms with van der Waals surface area (Å²) in [7, 11) is 0. The number of carboxylic acid groups (broad SMARTS) is 1. The second kappa shape index (κ2) is 7.73. The highest BCUT2D eigenvalue weighted by molar-refractivity contribution is 6.30. The van der Waals surface area contributed by atoms with Crippen LogP contribution >= 0.6 is 11.6 Å². The molecular formula is C15H14ClF3N2O4. The fourth-order valence-electron chi connectivity index (χ4n) is 2.47. The van der Waals surface area contributed by atoms with E-state index in [1.54, 1.807) is 0 Å². The molecule has 2 atom stereocenters. The molecule has 6 nitrogen and oxygen atoms in total. The summed E-state index contributed by atoms with van der Waals surface area (Å²) in [5, 5.41) is 10.8. The van der Waals surface area contributed by atoms with Gasteiger partial charge in [-0.15, -0.1) is 0 Å². The Morgan fingerprint density at radius 3 is 2.64 bits per heavy atom. The van der Waals surface area contributed by atoms with Crippen molar-refractivity contribution in [2.45, 2.75) is 25.3 Å². The molecule has 1 heterocycles. The molecule has 1 aliphatic heterocycles. The lowest BCUT2D eigenvalue weighted by molar-refractivity contribution is -0.143. The van der Waals surface area contributed by atoms with E-state index < -0.39 is 48.4 Å². The van der Waals surface area contributed by atoms with Gasteiger partial charge in [0.2, 0.25) is 18.2 Å². The van der Waals surface area contributed by atoms with Crippen molar-refractivity contribution in [2.75, 3.05) is 11.4 Å². The summed E-state index contributed by atoms with van der Waals surface area (Å²) in [4.78, 5) is 36.2. The molecule has 136 valence electrons. The fraction of sp³-hybridized carbons (Fsp3) is 0.400.